The van der Waals surface area contributed by atoms with Crippen LogP contribution in [-0.4, -0.2) is 51.4 Å². The number of sulfonamides is 1. The van der Waals surface area contributed by atoms with Gasteiger partial charge < -0.3 is 15.0 Å². The fourth-order valence-corrected chi connectivity index (χ4v) is 6.59. The van der Waals surface area contributed by atoms with Crippen molar-refractivity contribution in [3.05, 3.63) is 124 Å². The summed E-state index contributed by atoms with van der Waals surface area (Å²) in [6.45, 7) is 5.56. The van der Waals surface area contributed by atoms with E-state index in [-0.39, 0.29) is 29.5 Å². The van der Waals surface area contributed by atoms with Crippen molar-refractivity contribution >= 4 is 39.1 Å². The summed E-state index contributed by atoms with van der Waals surface area (Å²) in [6.07, 6.45) is 0.943. The lowest BCUT2D eigenvalue weighted by Crippen LogP contribution is -2.53. The van der Waals surface area contributed by atoms with E-state index >= 15 is 0 Å². The lowest BCUT2D eigenvalue weighted by Gasteiger charge is -2.34. The van der Waals surface area contributed by atoms with Gasteiger partial charge in [0.15, 0.2) is 0 Å². The van der Waals surface area contributed by atoms with E-state index in [1.165, 1.54) is 24.1 Å². The quantitative estimate of drug-likeness (QED) is 0.171. The predicted molar refractivity (Wildman–Crippen MR) is 183 cm³/mol. The third-order valence-corrected chi connectivity index (χ3v) is 9.60. The van der Waals surface area contributed by atoms with Crippen LogP contribution >= 0.6 is 11.6 Å². The maximum Gasteiger partial charge on any atom is 0.264 e. The number of rotatable bonds is 14. The summed E-state index contributed by atoms with van der Waals surface area (Å²) in [5.74, 6) is -0.587. The number of benzene rings is 4. The van der Waals surface area contributed by atoms with E-state index in [9.17, 15) is 18.0 Å². The second-order valence-corrected chi connectivity index (χ2v) is 13.4. The fraction of sp³-hybridized carbons (Fsp3) is 0.278. The van der Waals surface area contributed by atoms with Crippen molar-refractivity contribution in [2.75, 3.05) is 24.5 Å². The molecule has 8 nitrogen and oxygen atoms in total. The Morgan fingerprint density at radius 2 is 1.52 bits per heavy atom. The van der Waals surface area contributed by atoms with Gasteiger partial charge in [0.2, 0.25) is 11.8 Å². The SMILES string of the molecule is CCCNC(=O)[C@H](Cc1ccccc1)N(Cc1ccc(Cl)cc1)C(=O)CN(c1cc(C)ccc1OC)S(=O)(=O)c1ccc(C)cc1. The first-order valence-corrected chi connectivity index (χ1v) is 16.9. The van der Waals surface area contributed by atoms with E-state index < -0.39 is 28.5 Å². The fourth-order valence-electron chi connectivity index (χ4n) is 5.05. The number of nitrogens with zero attached hydrogens (tertiary/aromatic N) is 2. The molecule has 1 N–H and O–H groups in total. The van der Waals surface area contributed by atoms with E-state index in [4.69, 9.17) is 16.3 Å². The molecule has 0 spiro atoms. The van der Waals surface area contributed by atoms with Gasteiger partial charge in [0.25, 0.3) is 10.0 Å². The summed E-state index contributed by atoms with van der Waals surface area (Å²) in [7, 11) is -2.81. The van der Waals surface area contributed by atoms with Gasteiger partial charge in [-0.1, -0.05) is 84.8 Å². The minimum atomic E-state index is -4.26. The third kappa shape index (κ3) is 8.68. The topological polar surface area (TPSA) is 96.0 Å². The number of hydrogen-bond acceptors (Lipinski definition) is 5. The average molecular weight is 662 g/mol. The van der Waals surface area contributed by atoms with Crippen molar-refractivity contribution in [1.29, 1.82) is 0 Å². The van der Waals surface area contributed by atoms with Crippen LogP contribution in [0.15, 0.2) is 102 Å². The van der Waals surface area contributed by atoms with Crippen molar-refractivity contribution in [1.82, 2.24) is 10.2 Å². The van der Waals surface area contributed by atoms with Crippen LogP contribution in [0.1, 0.15) is 35.6 Å². The van der Waals surface area contributed by atoms with Crippen LogP contribution in [0, 0.1) is 13.8 Å². The molecule has 0 radical (unpaired) electrons. The molecule has 2 amide bonds. The maximum absolute atomic E-state index is 14.6. The Hall–Kier alpha value is -4.34. The highest BCUT2D eigenvalue weighted by Gasteiger charge is 2.35. The standard InChI is InChI=1S/C36H40ClN3O5S/c1-5-21-38-36(42)33(23-28-9-7-6-8-10-28)39(24-29-14-16-30(37)17-15-29)35(41)25-40(32-22-27(3)13-20-34(32)45-4)46(43,44)31-18-11-26(2)12-19-31/h6-20,22,33H,5,21,23-25H2,1-4H3,(H,38,42)/t33-/m0/s1. The Labute approximate surface area is 277 Å². The summed E-state index contributed by atoms with van der Waals surface area (Å²) in [6, 6.07) is 27.1. The van der Waals surface area contributed by atoms with Crippen molar-refractivity contribution in [3.8, 4) is 5.75 Å². The van der Waals surface area contributed by atoms with Crippen LogP contribution in [0.3, 0.4) is 0 Å². The summed E-state index contributed by atoms with van der Waals surface area (Å²) in [5, 5.41) is 3.48. The minimum absolute atomic E-state index is 0.0280. The van der Waals surface area contributed by atoms with Crippen molar-refractivity contribution < 1.29 is 22.7 Å². The number of anilines is 1. The number of carbonyl (C=O) groups is 2. The Balaban J connectivity index is 1.84. The van der Waals surface area contributed by atoms with Gasteiger partial charge in [-0.05, 0) is 73.4 Å². The lowest BCUT2D eigenvalue weighted by atomic mass is 10.0. The molecule has 0 saturated carbocycles. The second-order valence-electron chi connectivity index (χ2n) is 11.1. The van der Waals surface area contributed by atoms with Gasteiger partial charge in [-0.2, -0.15) is 0 Å². The van der Waals surface area contributed by atoms with Gasteiger partial charge >= 0.3 is 0 Å². The number of halogens is 1. The normalized spacial score (nSPS) is 11.8. The number of methoxy groups -OCH3 is 1. The Morgan fingerprint density at radius 3 is 2.15 bits per heavy atom. The van der Waals surface area contributed by atoms with Crippen LogP contribution in [-0.2, 0) is 32.6 Å². The first-order chi connectivity index (χ1) is 22.0. The molecule has 0 aliphatic heterocycles. The van der Waals surface area contributed by atoms with Gasteiger partial charge in [-0.25, -0.2) is 8.42 Å². The van der Waals surface area contributed by atoms with Crippen LogP contribution in [0.2, 0.25) is 5.02 Å². The zero-order valence-corrected chi connectivity index (χ0v) is 28.1. The molecular weight excluding hydrogens is 622 g/mol. The molecule has 242 valence electrons. The number of amides is 2. The minimum Gasteiger partial charge on any atom is -0.495 e. The van der Waals surface area contributed by atoms with Crippen LogP contribution in [0.25, 0.3) is 0 Å². The van der Waals surface area contributed by atoms with E-state index in [2.05, 4.69) is 5.32 Å². The zero-order valence-electron chi connectivity index (χ0n) is 26.6. The molecule has 0 fully saturated rings. The highest BCUT2D eigenvalue weighted by atomic mass is 35.5. The van der Waals surface area contributed by atoms with Crippen LogP contribution in [0.5, 0.6) is 5.75 Å². The number of nitrogens with one attached hydrogen (secondary N) is 1. The van der Waals surface area contributed by atoms with Gasteiger partial charge in [-0.3, -0.25) is 13.9 Å². The molecule has 0 aromatic heterocycles. The van der Waals surface area contributed by atoms with E-state index in [1.54, 1.807) is 48.5 Å². The zero-order chi connectivity index (χ0) is 33.3. The molecular formula is C36H40ClN3O5S. The molecule has 1 atom stereocenters. The molecule has 0 saturated heterocycles. The monoisotopic (exact) mass is 661 g/mol. The average Bonchev–Trinajstić information content (AvgIpc) is 3.05. The molecule has 4 aromatic rings. The van der Waals surface area contributed by atoms with Gasteiger partial charge in [0, 0.05) is 24.5 Å². The van der Waals surface area contributed by atoms with Crippen LogP contribution < -0.4 is 14.4 Å². The van der Waals surface area contributed by atoms with E-state index in [0.29, 0.717) is 23.7 Å². The molecule has 4 aromatic carbocycles. The van der Waals surface area contributed by atoms with Crippen molar-refractivity contribution in [2.24, 2.45) is 0 Å². The summed E-state index contributed by atoms with van der Waals surface area (Å²) in [5.41, 5.74) is 3.49. The summed E-state index contributed by atoms with van der Waals surface area (Å²) in [4.78, 5) is 29.9. The third-order valence-electron chi connectivity index (χ3n) is 7.58. The summed E-state index contributed by atoms with van der Waals surface area (Å²) >= 11 is 6.15. The molecule has 46 heavy (non-hydrogen) atoms. The Morgan fingerprint density at radius 1 is 0.870 bits per heavy atom. The molecule has 0 heterocycles. The van der Waals surface area contributed by atoms with Crippen molar-refractivity contribution in [2.45, 2.75) is 51.1 Å². The first-order valence-electron chi connectivity index (χ1n) is 15.1. The number of aryl methyl sites for hydroxylation is 2. The molecule has 4 rings (SSSR count). The van der Waals surface area contributed by atoms with E-state index in [0.717, 1.165) is 26.6 Å². The molecule has 0 unspecified atom stereocenters. The highest BCUT2D eigenvalue weighted by molar-refractivity contribution is 7.92. The molecule has 0 bridgehead atoms. The highest BCUT2D eigenvalue weighted by Crippen LogP contribution is 2.34. The summed E-state index contributed by atoms with van der Waals surface area (Å²) < 4.78 is 35.3. The molecule has 0 aliphatic rings. The first kappa shape index (κ1) is 34.5. The maximum atomic E-state index is 14.6. The van der Waals surface area contributed by atoms with Crippen molar-refractivity contribution in [3.63, 3.8) is 0 Å². The van der Waals surface area contributed by atoms with Gasteiger partial charge in [0.1, 0.15) is 18.3 Å². The molecule has 0 aliphatic carbocycles. The Bertz CT molecular complexity index is 1730. The number of ether oxygens (including phenoxy) is 1. The number of carbonyl (C=O) groups excluding carboxylic acids is 2. The smallest absolute Gasteiger partial charge is 0.264 e. The van der Waals surface area contributed by atoms with Gasteiger partial charge in [-0.15, -0.1) is 0 Å². The lowest BCUT2D eigenvalue weighted by molar-refractivity contribution is -0.140. The van der Waals surface area contributed by atoms with Crippen LogP contribution in [0.4, 0.5) is 5.69 Å². The van der Waals surface area contributed by atoms with E-state index in [1.807, 2.05) is 57.2 Å². The number of hydrogen-bond donors (Lipinski definition) is 1. The molecule has 10 heteroatoms. The largest absolute Gasteiger partial charge is 0.495 e. The Kier molecular flexibility index (Phi) is 11.8. The van der Waals surface area contributed by atoms with Gasteiger partial charge in [0.05, 0.1) is 17.7 Å². The predicted octanol–water partition coefficient (Wildman–Crippen LogP) is 6.33. The second kappa shape index (κ2) is 15.8.